The van der Waals surface area contributed by atoms with Crippen LogP contribution < -0.4 is 22.9 Å². The van der Waals surface area contributed by atoms with Gasteiger partial charge in [-0.3, -0.25) is 14.4 Å². The number of carboxylic acids is 2. The van der Waals surface area contributed by atoms with Gasteiger partial charge in [0.25, 0.3) is 6.47 Å². The van der Waals surface area contributed by atoms with Gasteiger partial charge < -0.3 is 43.4 Å². The lowest BCUT2D eigenvalue weighted by atomic mass is 10.2. The van der Waals surface area contributed by atoms with Gasteiger partial charge in [0.15, 0.2) is 0 Å². The number of aliphatic hydroxyl groups is 1. The molecular formula is C13H32N4O7. The van der Waals surface area contributed by atoms with E-state index in [9.17, 15) is 9.59 Å². The highest BCUT2D eigenvalue weighted by Crippen LogP contribution is 1.91. The number of carbonyl (C=O) groups is 3. The van der Waals surface area contributed by atoms with Gasteiger partial charge in [0.1, 0.15) is 12.1 Å². The summed E-state index contributed by atoms with van der Waals surface area (Å²) in [7, 11) is 0. The Morgan fingerprint density at radius 3 is 1.29 bits per heavy atom. The highest BCUT2D eigenvalue weighted by Gasteiger charge is 2.09. The van der Waals surface area contributed by atoms with E-state index in [1.54, 1.807) is 6.92 Å². The number of hydrogen-bond acceptors (Lipinski definition) is 8. The van der Waals surface area contributed by atoms with Crippen molar-refractivity contribution in [3.8, 4) is 0 Å². The van der Waals surface area contributed by atoms with Crippen LogP contribution >= 0.6 is 0 Å². The predicted octanol–water partition coefficient (Wildman–Crippen LogP) is -2.03. The molecule has 0 bridgehead atoms. The van der Waals surface area contributed by atoms with Crippen molar-refractivity contribution in [2.45, 2.75) is 44.7 Å². The van der Waals surface area contributed by atoms with Gasteiger partial charge in [0.2, 0.25) is 0 Å². The fourth-order valence-corrected chi connectivity index (χ4v) is 0.922. The van der Waals surface area contributed by atoms with Crippen molar-refractivity contribution in [1.29, 1.82) is 0 Å². The minimum absolute atomic E-state index is 0.250. The van der Waals surface area contributed by atoms with E-state index < -0.39 is 24.0 Å². The lowest BCUT2D eigenvalue weighted by molar-refractivity contribution is -0.139. The largest absolute Gasteiger partial charge is 0.483 e. The number of rotatable bonds is 8. The molecule has 0 aromatic carbocycles. The second kappa shape index (κ2) is 26.1. The summed E-state index contributed by atoms with van der Waals surface area (Å²) >= 11 is 0. The SMILES string of the molecule is CCO.NCCC[C@H](N)C(=O)O.NCCC[C@H](N)C(=O)O.O=CO. The minimum Gasteiger partial charge on any atom is -0.483 e. The Balaban J connectivity index is -0.000000126. The lowest BCUT2D eigenvalue weighted by Crippen LogP contribution is -2.30. The van der Waals surface area contributed by atoms with Crippen LogP contribution in [-0.4, -0.2) is 70.6 Å². The second-order valence-corrected chi connectivity index (χ2v) is 4.17. The molecule has 0 aliphatic rings. The van der Waals surface area contributed by atoms with Gasteiger partial charge in [0, 0.05) is 6.61 Å². The Hall–Kier alpha value is -1.79. The predicted molar refractivity (Wildman–Crippen MR) is 89.3 cm³/mol. The quantitative estimate of drug-likeness (QED) is 0.221. The van der Waals surface area contributed by atoms with Gasteiger partial charge in [-0.2, -0.15) is 0 Å². The number of aliphatic hydroxyl groups excluding tert-OH is 1. The molecule has 2 atom stereocenters. The van der Waals surface area contributed by atoms with Gasteiger partial charge in [-0.1, -0.05) is 0 Å². The first-order valence-electron chi connectivity index (χ1n) is 7.25. The van der Waals surface area contributed by atoms with E-state index in [0.29, 0.717) is 38.8 Å². The van der Waals surface area contributed by atoms with E-state index in [1.165, 1.54) is 0 Å². The topological polar surface area (TPSA) is 236 Å². The molecule has 0 aliphatic carbocycles. The van der Waals surface area contributed by atoms with Crippen LogP contribution in [0.3, 0.4) is 0 Å². The maximum atomic E-state index is 10.0. The van der Waals surface area contributed by atoms with Crippen LogP contribution in [0.4, 0.5) is 0 Å². The van der Waals surface area contributed by atoms with Crippen molar-refractivity contribution < 1.29 is 34.8 Å². The first kappa shape index (κ1) is 30.1. The standard InChI is InChI=1S/2C5H12N2O2.C2H6O.CH2O2/c2*6-3-1-2-4(7)5(8)9;1-2-3;2-1-3/h2*4H,1-3,6-7H2,(H,8,9);3H,2H2,1H3;1H,(H,2,3)/t2*4-;;/m00../s1. The molecule has 11 heteroatoms. The van der Waals surface area contributed by atoms with Crippen molar-refractivity contribution in [3.63, 3.8) is 0 Å². The number of aliphatic carboxylic acids is 2. The van der Waals surface area contributed by atoms with Crippen LogP contribution in [0.15, 0.2) is 0 Å². The van der Waals surface area contributed by atoms with E-state index in [0.717, 1.165) is 0 Å². The van der Waals surface area contributed by atoms with Gasteiger partial charge >= 0.3 is 11.9 Å². The third kappa shape index (κ3) is 36.9. The fourth-order valence-electron chi connectivity index (χ4n) is 0.922. The Morgan fingerprint density at radius 2 is 1.17 bits per heavy atom. The monoisotopic (exact) mass is 356 g/mol. The Morgan fingerprint density at radius 1 is 0.958 bits per heavy atom. The molecule has 0 fully saturated rings. The van der Waals surface area contributed by atoms with E-state index in [-0.39, 0.29) is 13.1 Å². The first-order chi connectivity index (χ1) is 11.2. The third-order valence-corrected chi connectivity index (χ3v) is 2.07. The highest BCUT2D eigenvalue weighted by molar-refractivity contribution is 5.73. The van der Waals surface area contributed by atoms with Crippen molar-refractivity contribution in [2.24, 2.45) is 22.9 Å². The summed E-state index contributed by atoms with van der Waals surface area (Å²) in [6, 6.07) is -1.48. The summed E-state index contributed by atoms with van der Waals surface area (Å²) in [4.78, 5) is 28.4. The zero-order valence-corrected chi connectivity index (χ0v) is 14.0. The molecule has 0 aromatic heterocycles. The third-order valence-electron chi connectivity index (χ3n) is 2.07. The summed E-state index contributed by atoms with van der Waals surface area (Å²) in [5, 5.41) is 30.9. The summed E-state index contributed by atoms with van der Waals surface area (Å²) in [6.45, 7) is 2.68. The summed E-state index contributed by atoms with van der Waals surface area (Å²) in [5.41, 5.74) is 20.6. The minimum atomic E-state index is -0.955. The van der Waals surface area contributed by atoms with Crippen LogP contribution in [0.25, 0.3) is 0 Å². The molecule has 0 spiro atoms. The van der Waals surface area contributed by atoms with Crippen LogP contribution in [0.1, 0.15) is 32.6 Å². The molecule has 11 nitrogen and oxygen atoms in total. The average Bonchev–Trinajstić information content (AvgIpc) is 2.52. The molecule has 24 heavy (non-hydrogen) atoms. The molecule has 0 amide bonds. The zero-order chi connectivity index (χ0) is 20.0. The molecule has 0 saturated heterocycles. The molecule has 0 aromatic rings. The zero-order valence-electron chi connectivity index (χ0n) is 14.0. The number of hydrogen-bond donors (Lipinski definition) is 8. The maximum Gasteiger partial charge on any atom is 0.320 e. The Labute approximate surface area is 141 Å². The molecule has 0 aliphatic heterocycles. The summed E-state index contributed by atoms with van der Waals surface area (Å²) < 4.78 is 0. The molecule has 146 valence electrons. The van der Waals surface area contributed by atoms with E-state index in [2.05, 4.69) is 0 Å². The van der Waals surface area contributed by atoms with Gasteiger partial charge in [-0.05, 0) is 45.7 Å². The van der Waals surface area contributed by atoms with Gasteiger partial charge in [-0.15, -0.1) is 0 Å². The van der Waals surface area contributed by atoms with Gasteiger partial charge in [0.05, 0.1) is 0 Å². The van der Waals surface area contributed by atoms with Gasteiger partial charge in [-0.25, -0.2) is 0 Å². The van der Waals surface area contributed by atoms with E-state index in [1.807, 2.05) is 0 Å². The van der Waals surface area contributed by atoms with Crippen molar-refractivity contribution in [3.05, 3.63) is 0 Å². The normalized spacial score (nSPS) is 11.1. The summed E-state index contributed by atoms with van der Waals surface area (Å²) in [5.74, 6) is -1.91. The van der Waals surface area contributed by atoms with E-state index >= 15 is 0 Å². The maximum absolute atomic E-state index is 10.0. The van der Waals surface area contributed by atoms with E-state index in [4.69, 9.17) is 48.2 Å². The summed E-state index contributed by atoms with van der Waals surface area (Å²) in [6.07, 6.45) is 2.28. The molecule has 0 radical (unpaired) electrons. The van der Waals surface area contributed by atoms with Crippen molar-refractivity contribution >= 4 is 18.4 Å². The van der Waals surface area contributed by atoms with Crippen LogP contribution in [0.2, 0.25) is 0 Å². The number of nitrogens with two attached hydrogens (primary N) is 4. The Bertz CT molecular complexity index is 269. The molecule has 0 heterocycles. The molecular weight excluding hydrogens is 324 g/mol. The molecule has 0 rings (SSSR count). The van der Waals surface area contributed by atoms with Crippen molar-refractivity contribution in [2.75, 3.05) is 19.7 Å². The molecule has 12 N–H and O–H groups in total. The first-order valence-corrected chi connectivity index (χ1v) is 7.25. The van der Waals surface area contributed by atoms with Crippen molar-refractivity contribution in [1.82, 2.24) is 0 Å². The lowest BCUT2D eigenvalue weighted by Gasteiger charge is -2.02. The highest BCUT2D eigenvalue weighted by atomic mass is 16.4. The average molecular weight is 356 g/mol. The van der Waals surface area contributed by atoms with Crippen LogP contribution in [0.5, 0.6) is 0 Å². The number of carboxylic acid groups (broad SMARTS) is 3. The fraction of sp³-hybridized carbons (Fsp3) is 0.769. The second-order valence-electron chi connectivity index (χ2n) is 4.17. The van der Waals surface area contributed by atoms with Crippen LogP contribution in [-0.2, 0) is 14.4 Å². The Kier molecular flexibility index (Phi) is 32.8. The molecule has 0 unspecified atom stereocenters. The smallest absolute Gasteiger partial charge is 0.320 e. The van der Waals surface area contributed by atoms with Crippen LogP contribution in [0, 0.1) is 0 Å². The molecule has 0 saturated carbocycles.